The molecule has 0 saturated carbocycles. The van der Waals surface area contributed by atoms with Crippen LogP contribution in [0.15, 0.2) is 54.7 Å². The number of aliphatic hydroxyl groups is 1. The number of carbonyl (C=O) groups is 1. The molecule has 8 heteroatoms. The van der Waals surface area contributed by atoms with Crippen LogP contribution in [0.3, 0.4) is 0 Å². The molecule has 0 radical (unpaired) electrons. The van der Waals surface area contributed by atoms with Gasteiger partial charge in [0.25, 0.3) is 0 Å². The summed E-state index contributed by atoms with van der Waals surface area (Å²) in [5.74, 6) is 0.571. The van der Waals surface area contributed by atoms with Gasteiger partial charge in [-0.25, -0.2) is 0 Å². The summed E-state index contributed by atoms with van der Waals surface area (Å²) in [4.78, 5) is 18.9. The number of amides is 1. The molecule has 1 saturated heterocycles. The number of aromatic nitrogens is 1. The number of nitrogens with zero attached hydrogens (tertiary/aromatic N) is 3. The highest BCUT2D eigenvalue weighted by Gasteiger charge is 2.23. The van der Waals surface area contributed by atoms with Crippen LogP contribution in [-0.4, -0.2) is 60.2 Å². The lowest BCUT2D eigenvalue weighted by atomic mass is 10.0. The van der Waals surface area contributed by atoms with Gasteiger partial charge < -0.3 is 25.4 Å². The third-order valence-electron chi connectivity index (χ3n) is 6.23. The maximum atomic E-state index is 12.3. The number of methoxy groups -OCH3 is 1. The summed E-state index contributed by atoms with van der Waals surface area (Å²) in [7, 11) is 1.63. The second kappa shape index (κ2) is 11.1. The summed E-state index contributed by atoms with van der Waals surface area (Å²) < 4.78 is 5.33. The van der Waals surface area contributed by atoms with Gasteiger partial charge in [-0.15, -0.1) is 0 Å². The number of hydrogen-bond acceptors (Lipinski definition) is 7. The average Bonchev–Trinajstić information content (AvgIpc) is 2.87. The van der Waals surface area contributed by atoms with Gasteiger partial charge in [-0.3, -0.25) is 9.78 Å². The van der Waals surface area contributed by atoms with Crippen molar-refractivity contribution in [3.63, 3.8) is 0 Å². The summed E-state index contributed by atoms with van der Waals surface area (Å²) in [6.45, 7) is 2.40. The number of benzene rings is 2. The number of carbonyl (C=O) groups excluding carboxylic acids is 1. The second-order valence-corrected chi connectivity index (χ2v) is 8.46. The van der Waals surface area contributed by atoms with E-state index in [1.165, 1.54) is 0 Å². The lowest BCUT2D eigenvalue weighted by molar-refractivity contribution is -0.115. The molecule has 0 unspecified atom stereocenters. The Hall–Kier alpha value is -3.51. The van der Waals surface area contributed by atoms with E-state index in [4.69, 9.17) is 10.00 Å². The molecule has 0 aliphatic carbocycles. The van der Waals surface area contributed by atoms with Crippen LogP contribution in [0.1, 0.15) is 30.1 Å². The van der Waals surface area contributed by atoms with Crippen molar-refractivity contribution < 1.29 is 14.6 Å². The number of likely N-dealkylation sites (tertiary alicyclic amines) is 1. The van der Waals surface area contributed by atoms with Crippen LogP contribution in [0.2, 0.25) is 0 Å². The number of rotatable bonds is 8. The lowest BCUT2D eigenvalue weighted by Gasteiger charge is -2.33. The van der Waals surface area contributed by atoms with Crippen LogP contribution in [0.25, 0.3) is 10.9 Å². The molecule has 0 spiro atoms. The summed E-state index contributed by atoms with van der Waals surface area (Å²) in [5.41, 5.74) is 2.65. The number of hydrogen-bond donors (Lipinski definition) is 3. The normalized spacial score (nSPS) is 15.6. The quantitative estimate of drug-likeness (QED) is 0.475. The molecule has 2 aromatic carbocycles. The van der Waals surface area contributed by atoms with E-state index in [0.29, 0.717) is 17.8 Å². The highest BCUT2D eigenvalue weighted by molar-refractivity contribution is 5.93. The maximum Gasteiger partial charge on any atom is 0.238 e. The summed E-state index contributed by atoms with van der Waals surface area (Å²) in [6, 6.07) is 16.8. The van der Waals surface area contributed by atoms with E-state index in [1.54, 1.807) is 37.6 Å². The molecule has 8 nitrogen and oxygen atoms in total. The lowest BCUT2D eigenvalue weighted by Crippen LogP contribution is -2.45. The molecule has 1 atom stereocenters. The van der Waals surface area contributed by atoms with Crippen molar-refractivity contribution in [1.82, 2.24) is 15.2 Å². The Morgan fingerprint density at radius 1 is 1.26 bits per heavy atom. The Bertz CT molecular complexity index is 1180. The van der Waals surface area contributed by atoms with Crippen molar-refractivity contribution in [3.8, 4) is 11.8 Å². The highest BCUT2D eigenvalue weighted by atomic mass is 16.5. The number of fused-ring (bicyclic) bond motifs is 1. The first-order valence-corrected chi connectivity index (χ1v) is 11.4. The Morgan fingerprint density at radius 3 is 2.82 bits per heavy atom. The Kier molecular flexibility index (Phi) is 7.70. The van der Waals surface area contributed by atoms with Crippen molar-refractivity contribution in [2.45, 2.75) is 25.0 Å². The smallest absolute Gasteiger partial charge is 0.238 e. The van der Waals surface area contributed by atoms with Gasteiger partial charge >= 0.3 is 0 Å². The van der Waals surface area contributed by atoms with E-state index in [2.05, 4.69) is 26.6 Å². The predicted octanol–water partition coefficient (Wildman–Crippen LogP) is 2.84. The van der Waals surface area contributed by atoms with Gasteiger partial charge in [0, 0.05) is 24.2 Å². The molecule has 3 aromatic rings. The predicted molar refractivity (Wildman–Crippen MR) is 131 cm³/mol. The van der Waals surface area contributed by atoms with Crippen molar-refractivity contribution >= 4 is 22.5 Å². The number of para-hydroxylation sites is 1. The average molecular weight is 460 g/mol. The van der Waals surface area contributed by atoms with E-state index in [9.17, 15) is 9.90 Å². The Labute approximate surface area is 199 Å². The van der Waals surface area contributed by atoms with Crippen LogP contribution >= 0.6 is 0 Å². The minimum Gasteiger partial charge on any atom is -0.497 e. The Morgan fingerprint density at radius 2 is 2.06 bits per heavy atom. The molecule has 1 fully saturated rings. The first kappa shape index (κ1) is 23.6. The van der Waals surface area contributed by atoms with Crippen molar-refractivity contribution in [2.75, 3.05) is 38.6 Å². The molecule has 176 valence electrons. The number of ether oxygens (including phenoxy) is 1. The van der Waals surface area contributed by atoms with Gasteiger partial charge in [-0.1, -0.05) is 12.1 Å². The summed E-state index contributed by atoms with van der Waals surface area (Å²) in [5, 5.41) is 27.1. The maximum absolute atomic E-state index is 12.3. The molecule has 1 aliphatic heterocycles. The van der Waals surface area contributed by atoms with Gasteiger partial charge in [-0.2, -0.15) is 5.26 Å². The zero-order valence-electron chi connectivity index (χ0n) is 19.2. The molecule has 1 amide bonds. The van der Waals surface area contributed by atoms with E-state index < -0.39 is 6.10 Å². The van der Waals surface area contributed by atoms with Crippen LogP contribution < -0.4 is 15.4 Å². The van der Waals surface area contributed by atoms with Crippen molar-refractivity contribution in [3.05, 3.63) is 65.9 Å². The van der Waals surface area contributed by atoms with Crippen LogP contribution in [0, 0.1) is 11.3 Å². The minimum absolute atomic E-state index is 0.166. The first-order chi connectivity index (χ1) is 16.6. The van der Waals surface area contributed by atoms with Crippen LogP contribution in [0.4, 0.5) is 5.69 Å². The zero-order chi connectivity index (χ0) is 23.9. The topological polar surface area (TPSA) is 111 Å². The number of anilines is 1. The molecule has 2 heterocycles. The zero-order valence-corrected chi connectivity index (χ0v) is 19.2. The molecule has 4 rings (SSSR count). The monoisotopic (exact) mass is 459 g/mol. The van der Waals surface area contributed by atoms with Gasteiger partial charge in [0.1, 0.15) is 11.8 Å². The fourth-order valence-electron chi connectivity index (χ4n) is 4.35. The fraction of sp³-hybridized carbons (Fsp3) is 0.346. The molecule has 34 heavy (non-hydrogen) atoms. The van der Waals surface area contributed by atoms with Gasteiger partial charge in [0.2, 0.25) is 5.91 Å². The number of nitrogens with one attached hydrogen (secondary N) is 2. The number of β-amino-alcohol motifs (C(OH)–C–C–N with tert-alkyl or cyclic N) is 1. The fourth-order valence-corrected chi connectivity index (χ4v) is 4.35. The number of nitriles is 1. The molecule has 1 aliphatic rings. The summed E-state index contributed by atoms with van der Waals surface area (Å²) in [6.07, 6.45) is 2.87. The van der Waals surface area contributed by atoms with Gasteiger partial charge in [0.05, 0.1) is 36.5 Å². The minimum atomic E-state index is -0.631. The molecule has 0 bridgehead atoms. The SMILES string of the molecule is COc1ccc2nccc([C@@H](O)CN3CCC(NCC(=O)Nc4ccccc4C#N)CC3)c2c1. The molecular weight excluding hydrogens is 430 g/mol. The van der Waals surface area contributed by atoms with E-state index >= 15 is 0 Å². The molecule has 1 aromatic heterocycles. The summed E-state index contributed by atoms with van der Waals surface area (Å²) >= 11 is 0. The number of pyridine rings is 1. The standard InChI is InChI=1S/C26H29N5O3/c1-34-20-6-7-24-22(14-20)21(8-11-28-24)25(32)17-31-12-9-19(10-13-31)29-16-26(33)30-23-5-3-2-4-18(23)15-27/h2-8,11,14,19,25,29,32H,9-10,12-13,16-17H2,1H3,(H,30,33)/t25-/m0/s1. The van der Waals surface area contributed by atoms with E-state index in [0.717, 1.165) is 48.1 Å². The third-order valence-corrected chi connectivity index (χ3v) is 6.23. The third kappa shape index (κ3) is 5.69. The van der Waals surface area contributed by atoms with Crippen molar-refractivity contribution in [1.29, 1.82) is 5.26 Å². The number of piperidine rings is 1. The van der Waals surface area contributed by atoms with Crippen LogP contribution in [0.5, 0.6) is 5.75 Å². The number of aliphatic hydroxyl groups excluding tert-OH is 1. The van der Waals surface area contributed by atoms with Crippen molar-refractivity contribution in [2.24, 2.45) is 0 Å². The first-order valence-electron chi connectivity index (χ1n) is 11.4. The van der Waals surface area contributed by atoms with Crippen LogP contribution in [-0.2, 0) is 4.79 Å². The van der Waals surface area contributed by atoms with E-state index in [1.807, 2.05) is 24.3 Å². The second-order valence-electron chi connectivity index (χ2n) is 8.46. The largest absolute Gasteiger partial charge is 0.497 e. The van der Waals surface area contributed by atoms with E-state index in [-0.39, 0.29) is 18.5 Å². The van der Waals surface area contributed by atoms with Gasteiger partial charge in [0.15, 0.2) is 0 Å². The molecule has 3 N–H and O–H groups in total. The Balaban J connectivity index is 1.26. The highest BCUT2D eigenvalue weighted by Crippen LogP contribution is 2.27. The van der Waals surface area contributed by atoms with Gasteiger partial charge in [-0.05, 0) is 67.9 Å². The molecular formula is C26H29N5O3.